The van der Waals surface area contributed by atoms with Gasteiger partial charge in [-0.2, -0.15) is 11.8 Å². The van der Waals surface area contributed by atoms with Gasteiger partial charge in [-0.25, -0.2) is 4.68 Å². The van der Waals surface area contributed by atoms with Crippen molar-refractivity contribution < 1.29 is 4.79 Å². The van der Waals surface area contributed by atoms with Gasteiger partial charge in [-0.05, 0) is 19.3 Å². The topological polar surface area (TPSA) is 47.8 Å². The summed E-state index contributed by atoms with van der Waals surface area (Å²) in [7, 11) is 0. The van der Waals surface area contributed by atoms with Crippen molar-refractivity contribution in [3.05, 3.63) is 11.9 Å². The number of ketones is 1. The molecule has 0 aromatic carbocycles. The number of carbonyl (C=O) groups excluding carboxylic acids is 1. The Bertz CT molecular complexity index is 372. The highest BCUT2D eigenvalue weighted by atomic mass is 32.2. The van der Waals surface area contributed by atoms with Gasteiger partial charge in [-0.1, -0.05) is 25.0 Å². The van der Waals surface area contributed by atoms with Crippen LogP contribution in [0.5, 0.6) is 0 Å². The van der Waals surface area contributed by atoms with Gasteiger partial charge in [-0.15, -0.1) is 5.10 Å². The molecule has 5 heteroatoms. The Morgan fingerprint density at radius 3 is 3.00 bits per heavy atom. The summed E-state index contributed by atoms with van der Waals surface area (Å²) >= 11 is 1.80. The summed E-state index contributed by atoms with van der Waals surface area (Å²) in [4.78, 5) is 12.0. The molecule has 1 aliphatic carbocycles. The summed E-state index contributed by atoms with van der Waals surface area (Å²) in [5.74, 6) is 0.738. The van der Waals surface area contributed by atoms with Gasteiger partial charge in [-0.3, -0.25) is 4.79 Å². The first-order valence-corrected chi connectivity index (χ1v) is 7.39. The minimum atomic E-state index is 0.167. The van der Waals surface area contributed by atoms with E-state index < -0.39 is 0 Å². The number of hydrogen-bond acceptors (Lipinski definition) is 4. The second-order valence-corrected chi connectivity index (χ2v) is 5.77. The normalized spacial score (nSPS) is 16.5. The molecule has 1 aliphatic rings. The van der Waals surface area contributed by atoms with Crippen molar-refractivity contribution >= 4 is 17.5 Å². The number of hydrogen-bond donors (Lipinski definition) is 0. The van der Waals surface area contributed by atoms with Crippen molar-refractivity contribution in [1.29, 1.82) is 0 Å². The number of aromatic nitrogens is 3. The van der Waals surface area contributed by atoms with Gasteiger partial charge >= 0.3 is 0 Å². The molecule has 1 aromatic rings. The highest BCUT2D eigenvalue weighted by molar-refractivity contribution is 8.00. The zero-order valence-corrected chi connectivity index (χ0v) is 11.1. The van der Waals surface area contributed by atoms with Gasteiger partial charge in [0, 0.05) is 11.8 Å². The molecule has 1 heterocycles. The summed E-state index contributed by atoms with van der Waals surface area (Å²) in [5.41, 5.74) is 0.664. The predicted octanol–water partition coefficient (Wildman–Crippen LogP) is 2.55. The van der Waals surface area contributed by atoms with E-state index in [-0.39, 0.29) is 5.78 Å². The fourth-order valence-corrected chi connectivity index (χ4v) is 3.37. The summed E-state index contributed by atoms with van der Waals surface area (Å²) < 4.78 is 1.72. The van der Waals surface area contributed by atoms with E-state index in [9.17, 15) is 4.79 Å². The molecule has 1 saturated carbocycles. The number of aryl methyl sites for hydroxylation is 1. The molecule has 2 rings (SSSR count). The minimum Gasteiger partial charge on any atom is -0.291 e. The summed E-state index contributed by atoms with van der Waals surface area (Å²) in [5, 5.41) is 8.46. The number of rotatable bonds is 6. The van der Waals surface area contributed by atoms with Crippen molar-refractivity contribution in [2.75, 3.05) is 5.75 Å². The molecule has 4 nitrogen and oxygen atoms in total. The largest absolute Gasteiger partial charge is 0.291 e. The maximum atomic E-state index is 12.0. The standard InChI is InChI=1S/C12H19N3OS/c1-2-7-15-11(8-13-14-15)12(16)9-17-10-5-3-4-6-10/h8,10H,2-7,9H2,1H3. The van der Waals surface area contributed by atoms with Crippen LogP contribution in [0.3, 0.4) is 0 Å². The van der Waals surface area contributed by atoms with Crippen molar-refractivity contribution in [3.63, 3.8) is 0 Å². The van der Waals surface area contributed by atoms with Crippen LogP contribution in [0.25, 0.3) is 0 Å². The quantitative estimate of drug-likeness (QED) is 0.731. The summed E-state index contributed by atoms with van der Waals surface area (Å²) in [6.07, 6.45) is 7.74. The first-order chi connectivity index (χ1) is 8.31. The summed E-state index contributed by atoms with van der Waals surface area (Å²) in [6.45, 7) is 2.85. The lowest BCUT2D eigenvalue weighted by molar-refractivity contribution is 0.101. The Morgan fingerprint density at radius 2 is 2.29 bits per heavy atom. The lowest BCUT2D eigenvalue weighted by atomic mass is 10.3. The molecule has 1 aromatic heterocycles. The van der Waals surface area contributed by atoms with Crippen LogP contribution in [0.15, 0.2) is 6.20 Å². The first kappa shape index (κ1) is 12.6. The average molecular weight is 253 g/mol. The van der Waals surface area contributed by atoms with E-state index in [0.29, 0.717) is 16.7 Å². The molecule has 17 heavy (non-hydrogen) atoms. The molecular formula is C12H19N3OS. The van der Waals surface area contributed by atoms with Crippen LogP contribution >= 0.6 is 11.8 Å². The molecule has 0 atom stereocenters. The van der Waals surface area contributed by atoms with E-state index in [1.165, 1.54) is 25.7 Å². The first-order valence-electron chi connectivity index (χ1n) is 6.34. The Labute approximate surface area is 106 Å². The van der Waals surface area contributed by atoms with Crippen LogP contribution in [0.2, 0.25) is 0 Å². The fraction of sp³-hybridized carbons (Fsp3) is 0.750. The molecule has 0 N–H and O–H groups in total. The van der Waals surface area contributed by atoms with Crippen molar-refractivity contribution in [1.82, 2.24) is 15.0 Å². The number of carbonyl (C=O) groups is 1. The van der Waals surface area contributed by atoms with Crippen LogP contribution in [0, 0.1) is 0 Å². The average Bonchev–Trinajstić information content (AvgIpc) is 2.97. The molecule has 0 aliphatic heterocycles. The zero-order chi connectivity index (χ0) is 12.1. The van der Waals surface area contributed by atoms with Crippen molar-refractivity contribution in [3.8, 4) is 0 Å². The van der Waals surface area contributed by atoms with E-state index in [0.717, 1.165) is 13.0 Å². The third-order valence-electron chi connectivity index (χ3n) is 3.09. The van der Waals surface area contributed by atoms with E-state index in [4.69, 9.17) is 0 Å². The second kappa shape index (κ2) is 6.19. The van der Waals surface area contributed by atoms with E-state index in [1.54, 1.807) is 22.6 Å². The second-order valence-electron chi connectivity index (χ2n) is 4.48. The maximum Gasteiger partial charge on any atom is 0.192 e. The molecule has 0 spiro atoms. The molecular weight excluding hydrogens is 234 g/mol. The Hall–Kier alpha value is -0.840. The van der Waals surface area contributed by atoms with Crippen molar-refractivity contribution in [2.24, 2.45) is 0 Å². The highest BCUT2D eigenvalue weighted by Gasteiger charge is 2.19. The lowest BCUT2D eigenvalue weighted by Crippen LogP contribution is -2.13. The third-order valence-corrected chi connectivity index (χ3v) is 4.46. The molecule has 0 bridgehead atoms. The summed E-state index contributed by atoms with van der Waals surface area (Å²) in [6, 6.07) is 0. The Balaban J connectivity index is 1.87. The van der Waals surface area contributed by atoms with Crippen LogP contribution < -0.4 is 0 Å². The molecule has 0 saturated heterocycles. The van der Waals surface area contributed by atoms with Gasteiger partial charge in [0.25, 0.3) is 0 Å². The molecule has 0 unspecified atom stereocenters. The van der Waals surface area contributed by atoms with Crippen LogP contribution in [0.1, 0.15) is 49.5 Å². The molecule has 0 radical (unpaired) electrons. The minimum absolute atomic E-state index is 0.167. The van der Waals surface area contributed by atoms with Crippen LogP contribution in [-0.4, -0.2) is 31.8 Å². The Kier molecular flexibility index (Phi) is 4.59. The lowest BCUT2D eigenvalue weighted by Gasteiger charge is -2.08. The van der Waals surface area contributed by atoms with Gasteiger partial charge in [0.2, 0.25) is 0 Å². The molecule has 0 amide bonds. The zero-order valence-electron chi connectivity index (χ0n) is 10.3. The van der Waals surface area contributed by atoms with Gasteiger partial charge in [0.1, 0.15) is 5.69 Å². The molecule has 1 fully saturated rings. The Morgan fingerprint density at radius 1 is 1.53 bits per heavy atom. The van der Waals surface area contributed by atoms with Crippen molar-refractivity contribution in [2.45, 2.75) is 50.8 Å². The molecule has 94 valence electrons. The van der Waals surface area contributed by atoms with E-state index in [2.05, 4.69) is 17.2 Å². The number of Topliss-reactive ketones (excluding diaryl/α,β-unsaturated/α-hetero) is 1. The third kappa shape index (κ3) is 3.31. The SMILES string of the molecule is CCCn1nncc1C(=O)CSC1CCCC1. The monoisotopic (exact) mass is 253 g/mol. The van der Waals surface area contributed by atoms with E-state index in [1.807, 2.05) is 0 Å². The number of thioether (sulfide) groups is 1. The van der Waals surface area contributed by atoms with Gasteiger partial charge in [0.15, 0.2) is 5.78 Å². The van der Waals surface area contributed by atoms with Gasteiger partial charge in [0.05, 0.1) is 11.9 Å². The smallest absolute Gasteiger partial charge is 0.192 e. The maximum absolute atomic E-state index is 12.0. The van der Waals surface area contributed by atoms with E-state index >= 15 is 0 Å². The predicted molar refractivity (Wildman–Crippen MR) is 69.4 cm³/mol. The highest BCUT2D eigenvalue weighted by Crippen LogP contribution is 2.29. The van der Waals surface area contributed by atoms with Gasteiger partial charge < -0.3 is 0 Å². The number of nitrogens with zero attached hydrogens (tertiary/aromatic N) is 3. The van der Waals surface area contributed by atoms with Crippen LogP contribution in [0.4, 0.5) is 0 Å². The fourth-order valence-electron chi connectivity index (χ4n) is 2.17. The van der Waals surface area contributed by atoms with Crippen LogP contribution in [-0.2, 0) is 6.54 Å².